The molecule has 136 valence electrons. The standard InChI is InChI=1S/C12H15ClN6O5S/c1-6-9(13)17-19(2)10(6)25(21,22)18-12(20)16-11-14-7(23-3)5-8(15-11)24-4/h5H,1-4H3,(H2,14,15,16,18,20). The van der Waals surface area contributed by atoms with Gasteiger partial charge in [0.2, 0.25) is 17.7 Å². The van der Waals surface area contributed by atoms with Crippen LogP contribution in [0.1, 0.15) is 5.56 Å². The Kier molecular flexibility index (Phi) is 5.33. The molecule has 0 saturated carbocycles. The Morgan fingerprint density at radius 2 is 1.80 bits per heavy atom. The van der Waals surface area contributed by atoms with Crippen LogP contribution >= 0.6 is 11.6 Å². The van der Waals surface area contributed by atoms with Gasteiger partial charge >= 0.3 is 6.03 Å². The Balaban J connectivity index is 2.22. The maximum absolute atomic E-state index is 12.4. The van der Waals surface area contributed by atoms with Crippen LogP contribution in [0, 0.1) is 6.92 Å². The van der Waals surface area contributed by atoms with Gasteiger partial charge < -0.3 is 9.47 Å². The van der Waals surface area contributed by atoms with Crippen LogP contribution in [0.2, 0.25) is 5.15 Å². The number of hydrogen-bond donors (Lipinski definition) is 2. The normalized spacial score (nSPS) is 11.1. The van der Waals surface area contributed by atoms with Crippen LogP contribution in [-0.2, 0) is 17.1 Å². The predicted molar refractivity (Wildman–Crippen MR) is 87.4 cm³/mol. The fourth-order valence-electron chi connectivity index (χ4n) is 1.92. The average Bonchev–Trinajstić information content (AvgIpc) is 2.79. The smallest absolute Gasteiger partial charge is 0.335 e. The first kappa shape index (κ1) is 18.7. The summed E-state index contributed by atoms with van der Waals surface area (Å²) in [4.78, 5) is 19.7. The minimum atomic E-state index is -4.22. The van der Waals surface area contributed by atoms with E-state index in [-0.39, 0.29) is 33.5 Å². The summed E-state index contributed by atoms with van der Waals surface area (Å²) in [6.07, 6.45) is 0. The SMILES string of the molecule is COc1cc(OC)nc(NC(=O)NS(=O)(=O)c2c(C)c(Cl)nn2C)n1. The number of carbonyl (C=O) groups is 1. The summed E-state index contributed by atoms with van der Waals surface area (Å²) in [7, 11) is -0.0932. The first-order chi connectivity index (χ1) is 11.7. The maximum atomic E-state index is 12.4. The van der Waals surface area contributed by atoms with Crippen molar-refractivity contribution in [1.82, 2.24) is 24.5 Å². The number of carbonyl (C=O) groups excluding carboxylic acids is 1. The highest BCUT2D eigenvalue weighted by Gasteiger charge is 2.26. The maximum Gasteiger partial charge on any atom is 0.335 e. The first-order valence-corrected chi connectivity index (χ1v) is 8.54. The summed E-state index contributed by atoms with van der Waals surface area (Å²) in [6.45, 7) is 1.47. The first-order valence-electron chi connectivity index (χ1n) is 6.68. The molecule has 0 radical (unpaired) electrons. The second-order valence-electron chi connectivity index (χ2n) is 4.68. The van der Waals surface area contributed by atoms with Crippen molar-refractivity contribution >= 4 is 33.6 Å². The molecule has 2 aromatic heterocycles. The number of rotatable bonds is 5. The summed E-state index contributed by atoms with van der Waals surface area (Å²) in [5.74, 6) is 0.0437. The lowest BCUT2D eigenvalue weighted by Crippen LogP contribution is -2.36. The molecule has 11 nitrogen and oxygen atoms in total. The number of anilines is 1. The molecule has 2 aromatic rings. The van der Waals surface area contributed by atoms with Gasteiger partial charge in [-0.2, -0.15) is 23.5 Å². The van der Waals surface area contributed by atoms with Gasteiger partial charge in [-0.15, -0.1) is 0 Å². The summed E-state index contributed by atoms with van der Waals surface area (Å²) < 4.78 is 37.5. The van der Waals surface area contributed by atoms with Crippen molar-refractivity contribution in [3.8, 4) is 11.8 Å². The number of nitrogens with one attached hydrogen (secondary N) is 2. The second kappa shape index (κ2) is 7.11. The van der Waals surface area contributed by atoms with Gasteiger partial charge in [0.25, 0.3) is 10.0 Å². The van der Waals surface area contributed by atoms with Gasteiger partial charge in [0, 0.05) is 12.6 Å². The molecule has 0 bridgehead atoms. The van der Waals surface area contributed by atoms with E-state index in [0.717, 1.165) is 4.68 Å². The number of aromatic nitrogens is 4. The van der Waals surface area contributed by atoms with E-state index in [1.807, 2.05) is 4.72 Å². The Hall–Kier alpha value is -2.60. The molecule has 25 heavy (non-hydrogen) atoms. The Labute approximate surface area is 148 Å². The van der Waals surface area contributed by atoms with Gasteiger partial charge in [0.1, 0.15) is 0 Å². The summed E-state index contributed by atoms with van der Waals surface area (Å²) >= 11 is 5.80. The molecule has 0 saturated heterocycles. The number of urea groups is 1. The molecule has 2 rings (SSSR count). The monoisotopic (exact) mass is 390 g/mol. The number of halogens is 1. The van der Waals surface area contributed by atoms with Gasteiger partial charge in [-0.05, 0) is 6.92 Å². The van der Waals surface area contributed by atoms with E-state index in [9.17, 15) is 13.2 Å². The van der Waals surface area contributed by atoms with Gasteiger partial charge in [0.15, 0.2) is 10.2 Å². The molecule has 2 N–H and O–H groups in total. The number of ether oxygens (including phenoxy) is 2. The number of hydrogen-bond acceptors (Lipinski definition) is 8. The lowest BCUT2D eigenvalue weighted by atomic mass is 10.4. The molecule has 0 spiro atoms. The number of sulfonamides is 1. The second-order valence-corrected chi connectivity index (χ2v) is 6.64. The minimum Gasteiger partial charge on any atom is -0.481 e. The van der Waals surface area contributed by atoms with Gasteiger partial charge in [-0.3, -0.25) is 10.00 Å². The van der Waals surface area contributed by atoms with E-state index in [1.54, 1.807) is 0 Å². The zero-order valence-corrected chi connectivity index (χ0v) is 15.3. The van der Waals surface area contributed by atoms with Crippen LogP contribution in [0.5, 0.6) is 11.8 Å². The minimum absolute atomic E-state index is 0.0177. The highest BCUT2D eigenvalue weighted by molar-refractivity contribution is 7.90. The summed E-state index contributed by atoms with van der Waals surface area (Å²) in [5.41, 5.74) is 0.212. The highest BCUT2D eigenvalue weighted by atomic mass is 35.5. The molecule has 0 atom stereocenters. The van der Waals surface area contributed by atoms with Gasteiger partial charge in [-0.1, -0.05) is 11.6 Å². The number of nitrogens with zero attached hydrogens (tertiary/aromatic N) is 4. The van der Waals surface area contributed by atoms with E-state index >= 15 is 0 Å². The largest absolute Gasteiger partial charge is 0.481 e. The molecular formula is C12H15ClN6O5S. The van der Waals surface area contributed by atoms with Crippen molar-refractivity contribution in [1.29, 1.82) is 0 Å². The fraction of sp³-hybridized carbons (Fsp3) is 0.333. The zero-order valence-electron chi connectivity index (χ0n) is 13.7. The van der Waals surface area contributed by atoms with E-state index in [4.69, 9.17) is 21.1 Å². The topological polar surface area (TPSA) is 137 Å². The number of methoxy groups -OCH3 is 2. The van der Waals surface area contributed by atoms with Crippen LogP contribution in [0.4, 0.5) is 10.7 Å². The van der Waals surface area contributed by atoms with Crippen LogP contribution in [0.25, 0.3) is 0 Å². The predicted octanol–water partition coefficient (Wildman–Crippen LogP) is 0.700. The van der Waals surface area contributed by atoms with Gasteiger partial charge in [0.05, 0.1) is 20.3 Å². The van der Waals surface area contributed by atoms with Crippen molar-refractivity contribution in [2.24, 2.45) is 7.05 Å². The zero-order chi connectivity index (χ0) is 18.8. The summed E-state index contributed by atoms with van der Waals surface area (Å²) in [5, 5.41) is 5.75. The third-order valence-electron chi connectivity index (χ3n) is 2.97. The average molecular weight is 391 g/mol. The molecule has 0 fully saturated rings. The van der Waals surface area contributed by atoms with Crippen molar-refractivity contribution in [3.05, 3.63) is 16.8 Å². The lowest BCUT2D eigenvalue weighted by molar-refractivity contribution is 0.256. The Morgan fingerprint density at radius 3 is 2.24 bits per heavy atom. The quantitative estimate of drug-likeness (QED) is 0.760. The third kappa shape index (κ3) is 4.09. The molecule has 2 amide bonds. The number of aryl methyl sites for hydroxylation is 1. The number of amides is 2. The highest BCUT2D eigenvalue weighted by Crippen LogP contribution is 2.22. The van der Waals surface area contributed by atoms with Crippen LogP contribution in [0.3, 0.4) is 0 Å². The Morgan fingerprint density at radius 1 is 1.24 bits per heavy atom. The summed E-state index contributed by atoms with van der Waals surface area (Å²) in [6, 6.07) is 0.313. The Bertz CT molecular complexity index is 891. The van der Waals surface area contributed by atoms with Crippen LogP contribution in [0.15, 0.2) is 11.1 Å². The van der Waals surface area contributed by atoms with Crippen molar-refractivity contribution < 1.29 is 22.7 Å². The lowest BCUT2D eigenvalue weighted by Gasteiger charge is -2.10. The molecule has 0 aliphatic rings. The molecule has 0 unspecified atom stereocenters. The van der Waals surface area contributed by atoms with Crippen molar-refractivity contribution in [2.75, 3.05) is 19.5 Å². The van der Waals surface area contributed by atoms with Crippen LogP contribution < -0.4 is 19.5 Å². The fourth-order valence-corrected chi connectivity index (χ4v) is 3.46. The molecule has 13 heteroatoms. The van der Waals surface area contributed by atoms with Crippen LogP contribution in [-0.4, -0.2) is 48.4 Å². The van der Waals surface area contributed by atoms with Crippen molar-refractivity contribution in [2.45, 2.75) is 11.9 Å². The van der Waals surface area contributed by atoms with E-state index in [2.05, 4.69) is 20.4 Å². The molecule has 0 aliphatic carbocycles. The molecule has 0 aromatic carbocycles. The third-order valence-corrected chi connectivity index (χ3v) is 4.86. The van der Waals surface area contributed by atoms with E-state index in [1.165, 1.54) is 34.3 Å². The van der Waals surface area contributed by atoms with Gasteiger partial charge in [-0.25, -0.2) is 9.52 Å². The molecule has 2 heterocycles. The van der Waals surface area contributed by atoms with Crippen molar-refractivity contribution in [3.63, 3.8) is 0 Å². The van der Waals surface area contributed by atoms with E-state index < -0.39 is 16.1 Å². The van der Waals surface area contributed by atoms with E-state index in [0.29, 0.717) is 0 Å². The molecule has 0 aliphatic heterocycles. The molecular weight excluding hydrogens is 376 g/mol.